The van der Waals surface area contributed by atoms with Crippen molar-refractivity contribution in [3.8, 4) is 0 Å². The number of carbonyl (C=O) groups is 1. The molecule has 0 N–H and O–H groups in total. The predicted molar refractivity (Wildman–Crippen MR) is 46.6 cm³/mol. The van der Waals surface area contributed by atoms with E-state index in [1.165, 1.54) is 6.92 Å². The van der Waals surface area contributed by atoms with Crippen LogP contribution in [0.5, 0.6) is 0 Å². The molecule has 1 nitrogen and oxygen atoms in total. The lowest BCUT2D eigenvalue weighted by Crippen LogP contribution is -1.90. The normalized spacial score (nSPS) is 9.50. The zero-order valence-electron chi connectivity index (χ0n) is 6.80. The summed E-state index contributed by atoms with van der Waals surface area (Å²) in [6, 6.07) is 6.25. The minimum Gasteiger partial charge on any atom is -0.295 e. The van der Waals surface area contributed by atoms with Gasteiger partial charge < -0.3 is 0 Å². The Morgan fingerprint density at radius 3 is 2.00 bits per heavy atom. The van der Waals surface area contributed by atoms with Crippen LogP contribution in [0.3, 0.4) is 0 Å². The van der Waals surface area contributed by atoms with Gasteiger partial charge in [0.15, 0.2) is 5.78 Å². The van der Waals surface area contributed by atoms with Crippen LogP contribution in [0, 0.1) is 0 Å². The largest absolute Gasteiger partial charge is 0.295 e. The molecule has 2 heteroatoms. The quantitative estimate of drug-likeness (QED) is 0.614. The summed E-state index contributed by atoms with van der Waals surface area (Å²) < 4.78 is 12.5. The highest BCUT2D eigenvalue weighted by atomic mass is 19.1. The van der Waals surface area contributed by atoms with E-state index in [4.69, 9.17) is 0 Å². The molecule has 1 aromatic rings. The third kappa shape index (κ3) is 1.78. The van der Waals surface area contributed by atoms with Crippen LogP contribution in [0.25, 0.3) is 5.83 Å². The summed E-state index contributed by atoms with van der Waals surface area (Å²) in [6.45, 7) is 4.62. The van der Waals surface area contributed by atoms with Crippen LogP contribution in [0.15, 0.2) is 30.8 Å². The number of benzene rings is 1. The minimum absolute atomic E-state index is 0.0222. The molecule has 0 saturated heterocycles. The van der Waals surface area contributed by atoms with E-state index >= 15 is 0 Å². The van der Waals surface area contributed by atoms with Crippen LogP contribution in [-0.4, -0.2) is 5.78 Å². The fraction of sp³-hybridized carbons (Fsp3) is 0.100. The molecular weight excluding hydrogens is 155 g/mol. The maximum Gasteiger partial charge on any atom is 0.159 e. The van der Waals surface area contributed by atoms with E-state index in [0.717, 1.165) is 0 Å². The first-order valence-corrected chi connectivity index (χ1v) is 3.57. The van der Waals surface area contributed by atoms with Crippen LogP contribution in [0.4, 0.5) is 4.39 Å². The number of halogens is 1. The van der Waals surface area contributed by atoms with Gasteiger partial charge in [0.05, 0.1) is 0 Å². The highest BCUT2D eigenvalue weighted by molar-refractivity contribution is 5.94. The summed E-state index contributed by atoms with van der Waals surface area (Å²) in [5.41, 5.74) is 1.00. The summed E-state index contributed by atoms with van der Waals surface area (Å²) in [7, 11) is 0. The average molecular weight is 164 g/mol. The number of hydrogen-bond donors (Lipinski definition) is 0. The van der Waals surface area contributed by atoms with Crippen LogP contribution in [0.1, 0.15) is 22.8 Å². The van der Waals surface area contributed by atoms with E-state index in [2.05, 4.69) is 6.58 Å². The number of hydrogen-bond acceptors (Lipinski definition) is 1. The van der Waals surface area contributed by atoms with E-state index in [1.54, 1.807) is 24.3 Å². The molecule has 12 heavy (non-hydrogen) atoms. The third-order valence-electron chi connectivity index (χ3n) is 1.60. The molecule has 0 aromatic heterocycles. The second kappa shape index (κ2) is 3.30. The standard InChI is InChI=1S/C10H9FO/c1-7(11)9-3-5-10(6-4-9)8(2)12/h3-6H,1H2,2H3. The first-order chi connectivity index (χ1) is 5.61. The fourth-order valence-corrected chi connectivity index (χ4v) is 0.886. The Morgan fingerprint density at radius 2 is 1.67 bits per heavy atom. The molecule has 0 spiro atoms. The van der Waals surface area contributed by atoms with E-state index in [-0.39, 0.29) is 5.78 Å². The topological polar surface area (TPSA) is 17.1 Å². The van der Waals surface area contributed by atoms with E-state index in [9.17, 15) is 9.18 Å². The van der Waals surface area contributed by atoms with Crippen LogP contribution >= 0.6 is 0 Å². The molecule has 0 unspecified atom stereocenters. The molecule has 0 aliphatic rings. The van der Waals surface area contributed by atoms with Gasteiger partial charge in [-0.25, -0.2) is 4.39 Å². The van der Waals surface area contributed by atoms with Crippen molar-refractivity contribution < 1.29 is 9.18 Å². The van der Waals surface area contributed by atoms with Gasteiger partial charge in [-0.15, -0.1) is 0 Å². The number of carbonyl (C=O) groups excluding carboxylic acids is 1. The van der Waals surface area contributed by atoms with E-state index in [0.29, 0.717) is 11.1 Å². The molecule has 1 rings (SSSR count). The first kappa shape index (κ1) is 8.65. The highest BCUT2D eigenvalue weighted by Crippen LogP contribution is 2.14. The summed E-state index contributed by atoms with van der Waals surface area (Å²) in [5.74, 6) is -0.504. The average Bonchev–Trinajstić information content (AvgIpc) is 2.04. The van der Waals surface area contributed by atoms with E-state index in [1.807, 2.05) is 0 Å². The van der Waals surface area contributed by atoms with Gasteiger partial charge in [-0.3, -0.25) is 4.79 Å². The lowest BCUT2D eigenvalue weighted by molar-refractivity contribution is 0.101. The Balaban J connectivity index is 3.01. The second-order valence-corrected chi connectivity index (χ2v) is 2.54. The van der Waals surface area contributed by atoms with Crippen LogP contribution < -0.4 is 0 Å². The van der Waals surface area contributed by atoms with Crippen molar-refractivity contribution in [2.45, 2.75) is 6.92 Å². The van der Waals surface area contributed by atoms with Gasteiger partial charge in [-0.05, 0) is 6.92 Å². The third-order valence-corrected chi connectivity index (χ3v) is 1.60. The van der Waals surface area contributed by atoms with Gasteiger partial charge in [-0.2, -0.15) is 0 Å². The molecule has 1 aromatic carbocycles. The number of ketones is 1. The van der Waals surface area contributed by atoms with Crippen molar-refractivity contribution in [2.75, 3.05) is 0 Å². The maximum absolute atomic E-state index is 12.5. The van der Waals surface area contributed by atoms with Crippen molar-refractivity contribution in [1.29, 1.82) is 0 Å². The molecule has 0 fully saturated rings. The zero-order valence-corrected chi connectivity index (χ0v) is 6.80. The molecule has 0 aliphatic carbocycles. The second-order valence-electron chi connectivity index (χ2n) is 2.54. The Kier molecular flexibility index (Phi) is 2.38. The van der Waals surface area contributed by atoms with Gasteiger partial charge in [-0.1, -0.05) is 30.8 Å². The SMILES string of the molecule is C=C(F)c1ccc(C(C)=O)cc1. The Labute approximate surface area is 70.5 Å². The van der Waals surface area contributed by atoms with Crippen molar-refractivity contribution in [3.63, 3.8) is 0 Å². The Morgan fingerprint density at radius 1 is 1.25 bits per heavy atom. The summed E-state index contributed by atoms with van der Waals surface area (Å²) >= 11 is 0. The first-order valence-electron chi connectivity index (χ1n) is 3.57. The Hall–Kier alpha value is -1.44. The lowest BCUT2D eigenvalue weighted by atomic mass is 10.1. The van der Waals surface area contributed by atoms with Crippen molar-refractivity contribution in [1.82, 2.24) is 0 Å². The number of Topliss-reactive ketones (excluding diaryl/α,β-unsaturated/α-hetero) is 1. The van der Waals surface area contributed by atoms with Crippen molar-refractivity contribution >= 4 is 11.6 Å². The fourth-order valence-electron chi connectivity index (χ4n) is 0.886. The molecule has 0 radical (unpaired) electrons. The minimum atomic E-state index is -0.481. The smallest absolute Gasteiger partial charge is 0.159 e. The van der Waals surface area contributed by atoms with Gasteiger partial charge in [0.1, 0.15) is 5.83 Å². The van der Waals surface area contributed by atoms with Crippen molar-refractivity contribution in [2.24, 2.45) is 0 Å². The summed E-state index contributed by atoms with van der Waals surface area (Å²) in [5, 5.41) is 0. The zero-order chi connectivity index (χ0) is 9.14. The molecule has 0 bridgehead atoms. The van der Waals surface area contributed by atoms with Gasteiger partial charge in [0.2, 0.25) is 0 Å². The molecule has 0 atom stereocenters. The van der Waals surface area contributed by atoms with Gasteiger partial charge in [0.25, 0.3) is 0 Å². The molecule has 0 saturated carbocycles. The maximum atomic E-state index is 12.5. The monoisotopic (exact) mass is 164 g/mol. The van der Waals surface area contributed by atoms with E-state index < -0.39 is 5.83 Å². The molecule has 0 aliphatic heterocycles. The van der Waals surface area contributed by atoms with Crippen molar-refractivity contribution in [3.05, 3.63) is 42.0 Å². The molecule has 62 valence electrons. The predicted octanol–water partition coefficient (Wildman–Crippen LogP) is 2.83. The lowest BCUT2D eigenvalue weighted by Gasteiger charge is -1.97. The Bertz CT molecular complexity index is 278. The summed E-state index contributed by atoms with van der Waals surface area (Å²) in [6.07, 6.45) is 0. The van der Waals surface area contributed by atoms with Gasteiger partial charge in [0, 0.05) is 11.1 Å². The van der Waals surface area contributed by atoms with Crippen LogP contribution in [-0.2, 0) is 0 Å². The molecular formula is C10H9FO. The summed E-state index contributed by atoms with van der Waals surface area (Å²) in [4.78, 5) is 10.8. The van der Waals surface area contributed by atoms with Crippen LogP contribution in [0.2, 0.25) is 0 Å². The molecule has 0 amide bonds. The highest BCUT2D eigenvalue weighted by Gasteiger charge is 1.99. The number of rotatable bonds is 2. The van der Waals surface area contributed by atoms with Gasteiger partial charge >= 0.3 is 0 Å². The molecule has 0 heterocycles.